The molecule has 0 saturated heterocycles. The third kappa shape index (κ3) is 3.76. The monoisotopic (exact) mass is 320 g/mol. The third-order valence-electron chi connectivity index (χ3n) is 4.05. The first kappa shape index (κ1) is 17.1. The van der Waals surface area contributed by atoms with Crippen LogP contribution in [0.4, 0.5) is 8.78 Å². The van der Waals surface area contributed by atoms with E-state index in [0.29, 0.717) is 18.4 Å². The molecule has 122 valence electrons. The highest BCUT2D eigenvalue weighted by Crippen LogP contribution is 2.37. The lowest BCUT2D eigenvalue weighted by molar-refractivity contribution is -0.135. The molecule has 0 bridgehead atoms. The molecule has 5 heteroatoms. The molecule has 2 rings (SSSR count). The minimum absolute atomic E-state index is 0.149. The predicted octanol–water partition coefficient (Wildman–Crippen LogP) is 3.70. The average molecular weight is 320 g/mol. The number of carbonyl (C=O) groups is 2. The fourth-order valence-electron chi connectivity index (χ4n) is 2.92. The standard InChI is InChI=1S/C18H18F2O3/c1-3-5-11-6-8-13(15(10-11)23-18(19)20)16-14(21)9-7-12(4-2)17(16)22/h6,8,10,12,16,18H,4,7,9H2,1-2H3. The summed E-state index contributed by atoms with van der Waals surface area (Å²) < 4.78 is 29.9. The van der Waals surface area contributed by atoms with Gasteiger partial charge >= 0.3 is 6.61 Å². The Kier molecular flexibility index (Phi) is 5.49. The summed E-state index contributed by atoms with van der Waals surface area (Å²) in [5.41, 5.74) is 0.703. The van der Waals surface area contributed by atoms with E-state index in [4.69, 9.17) is 0 Å². The molecule has 1 aliphatic carbocycles. The number of benzene rings is 1. The van der Waals surface area contributed by atoms with E-state index in [0.717, 1.165) is 0 Å². The smallest absolute Gasteiger partial charge is 0.387 e. The van der Waals surface area contributed by atoms with Crippen LogP contribution in [-0.2, 0) is 9.59 Å². The lowest BCUT2D eigenvalue weighted by Crippen LogP contribution is -2.33. The first-order chi connectivity index (χ1) is 11.0. The number of hydrogen-bond donors (Lipinski definition) is 0. The van der Waals surface area contributed by atoms with Crippen LogP contribution in [0.15, 0.2) is 18.2 Å². The molecule has 1 aliphatic rings. The normalized spacial score (nSPS) is 21.1. The van der Waals surface area contributed by atoms with Gasteiger partial charge in [0.1, 0.15) is 17.5 Å². The topological polar surface area (TPSA) is 43.4 Å². The van der Waals surface area contributed by atoms with Crippen molar-refractivity contribution in [1.82, 2.24) is 0 Å². The van der Waals surface area contributed by atoms with E-state index < -0.39 is 12.5 Å². The maximum Gasteiger partial charge on any atom is 0.387 e. The summed E-state index contributed by atoms with van der Waals surface area (Å²) in [5.74, 6) is 3.58. The van der Waals surface area contributed by atoms with Gasteiger partial charge in [-0.2, -0.15) is 8.78 Å². The summed E-state index contributed by atoms with van der Waals surface area (Å²) in [7, 11) is 0. The summed E-state index contributed by atoms with van der Waals surface area (Å²) in [6.07, 6.45) is 1.43. The quantitative estimate of drug-likeness (QED) is 0.627. The summed E-state index contributed by atoms with van der Waals surface area (Å²) in [6.45, 7) is 0.474. The average Bonchev–Trinajstić information content (AvgIpc) is 2.49. The van der Waals surface area contributed by atoms with Crippen molar-refractivity contribution in [2.24, 2.45) is 5.92 Å². The Balaban J connectivity index is 2.48. The van der Waals surface area contributed by atoms with Crippen LogP contribution in [-0.4, -0.2) is 18.2 Å². The molecule has 1 saturated carbocycles. The van der Waals surface area contributed by atoms with Crippen LogP contribution in [0.5, 0.6) is 5.75 Å². The van der Waals surface area contributed by atoms with Gasteiger partial charge in [-0.1, -0.05) is 18.9 Å². The van der Waals surface area contributed by atoms with E-state index in [1.54, 1.807) is 13.0 Å². The van der Waals surface area contributed by atoms with E-state index in [9.17, 15) is 18.4 Å². The number of halogens is 2. The highest BCUT2D eigenvalue weighted by molar-refractivity contribution is 6.10. The molecule has 0 heterocycles. The summed E-state index contributed by atoms with van der Waals surface area (Å²) in [5, 5.41) is 0. The second-order valence-corrected chi connectivity index (χ2v) is 5.45. The number of alkyl halides is 2. The molecule has 3 nitrogen and oxygen atoms in total. The van der Waals surface area contributed by atoms with Gasteiger partial charge in [0.15, 0.2) is 5.78 Å². The lowest BCUT2D eigenvalue weighted by atomic mass is 9.74. The van der Waals surface area contributed by atoms with Crippen molar-refractivity contribution in [2.75, 3.05) is 0 Å². The molecule has 0 aliphatic heterocycles. The number of ketones is 2. The molecule has 1 fully saturated rings. The highest BCUT2D eigenvalue weighted by Gasteiger charge is 2.38. The van der Waals surface area contributed by atoms with E-state index >= 15 is 0 Å². The zero-order valence-corrected chi connectivity index (χ0v) is 13.1. The molecule has 1 aromatic rings. The Labute approximate surface area is 134 Å². The van der Waals surface area contributed by atoms with Gasteiger partial charge in [-0.15, -0.1) is 5.92 Å². The van der Waals surface area contributed by atoms with Crippen molar-refractivity contribution in [1.29, 1.82) is 0 Å². The van der Waals surface area contributed by atoms with Crippen LogP contribution < -0.4 is 4.74 Å². The second-order valence-electron chi connectivity index (χ2n) is 5.45. The second kappa shape index (κ2) is 7.36. The van der Waals surface area contributed by atoms with Crippen LogP contribution in [0, 0.1) is 17.8 Å². The molecule has 0 spiro atoms. The van der Waals surface area contributed by atoms with Crippen molar-refractivity contribution < 1.29 is 23.1 Å². The molecular weight excluding hydrogens is 302 g/mol. The van der Waals surface area contributed by atoms with Gasteiger partial charge in [0.25, 0.3) is 0 Å². The number of Topliss-reactive ketones (excluding diaryl/α,β-unsaturated/α-hetero) is 2. The van der Waals surface area contributed by atoms with Gasteiger partial charge in [0.05, 0.1) is 0 Å². The van der Waals surface area contributed by atoms with E-state index in [1.807, 2.05) is 6.92 Å². The van der Waals surface area contributed by atoms with Crippen LogP contribution in [0.25, 0.3) is 0 Å². The first-order valence-electron chi connectivity index (χ1n) is 7.55. The maximum absolute atomic E-state index is 12.7. The van der Waals surface area contributed by atoms with E-state index in [-0.39, 0.29) is 35.2 Å². The molecule has 0 aromatic heterocycles. The highest BCUT2D eigenvalue weighted by atomic mass is 19.3. The fraction of sp³-hybridized carbons (Fsp3) is 0.444. The van der Waals surface area contributed by atoms with Crippen molar-refractivity contribution in [3.63, 3.8) is 0 Å². The Morgan fingerprint density at radius 3 is 2.70 bits per heavy atom. The first-order valence-corrected chi connectivity index (χ1v) is 7.55. The van der Waals surface area contributed by atoms with Crippen molar-refractivity contribution in [3.05, 3.63) is 29.3 Å². The molecular formula is C18H18F2O3. The molecule has 2 unspecified atom stereocenters. The Morgan fingerprint density at radius 1 is 1.35 bits per heavy atom. The van der Waals surface area contributed by atoms with E-state index in [1.165, 1.54) is 12.1 Å². The van der Waals surface area contributed by atoms with E-state index in [2.05, 4.69) is 16.6 Å². The predicted molar refractivity (Wildman–Crippen MR) is 81.4 cm³/mol. The summed E-state index contributed by atoms with van der Waals surface area (Å²) in [4.78, 5) is 24.7. The molecule has 2 atom stereocenters. The summed E-state index contributed by atoms with van der Waals surface area (Å²) in [6, 6.07) is 4.46. The minimum Gasteiger partial charge on any atom is -0.434 e. The molecule has 0 amide bonds. The fourth-order valence-corrected chi connectivity index (χ4v) is 2.92. The zero-order chi connectivity index (χ0) is 17.0. The van der Waals surface area contributed by atoms with Gasteiger partial charge < -0.3 is 4.74 Å². The summed E-state index contributed by atoms with van der Waals surface area (Å²) >= 11 is 0. The van der Waals surface area contributed by atoms with Crippen molar-refractivity contribution in [3.8, 4) is 17.6 Å². The van der Waals surface area contributed by atoms with Crippen LogP contribution in [0.1, 0.15) is 50.2 Å². The Hall–Kier alpha value is -2.22. The van der Waals surface area contributed by atoms with Crippen molar-refractivity contribution in [2.45, 2.75) is 45.6 Å². The van der Waals surface area contributed by atoms with Crippen LogP contribution in [0.2, 0.25) is 0 Å². The maximum atomic E-state index is 12.7. The Morgan fingerprint density at radius 2 is 2.09 bits per heavy atom. The Bertz CT molecular complexity index is 671. The lowest BCUT2D eigenvalue weighted by Gasteiger charge is -2.27. The van der Waals surface area contributed by atoms with Gasteiger partial charge in [0.2, 0.25) is 0 Å². The number of ether oxygens (including phenoxy) is 1. The van der Waals surface area contributed by atoms with Crippen LogP contribution in [0.3, 0.4) is 0 Å². The largest absolute Gasteiger partial charge is 0.434 e. The zero-order valence-electron chi connectivity index (χ0n) is 13.1. The van der Waals surface area contributed by atoms with Crippen LogP contribution >= 0.6 is 0 Å². The molecule has 23 heavy (non-hydrogen) atoms. The SMILES string of the molecule is CC#Cc1ccc(C2C(=O)CCC(CC)C2=O)c(OC(F)F)c1. The molecule has 1 aromatic carbocycles. The number of carbonyl (C=O) groups excluding carboxylic acids is 2. The molecule has 0 radical (unpaired) electrons. The van der Waals surface area contributed by atoms with Gasteiger partial charge in [-0.3, -0.25) is 9.59 Å². The van der Waals surface area contributed by atoms with Gasteiger partial charge in [0, 0.05) is 23.5 Å². The van der Waals surface area contributed by atoms with Gasteiger partial charge in [-0.05, 0) is 31.9 Å². The number of rotatable bonds is 4. The number of hydrogen-bond acceptors (Lipinski definition) is 3. The molecule has 0 N–H and O–H groups in total. The van der Waals surface area contributed by atoms with Crippen molar-refractivity contribution >= 4 is 11.6 Å². The van der Waals surface area contributed by atoms with Gasteiger partial charge in [-0.25, -0.2) is 0 Å². The minimum atomic E-state index is -3.03. The third-order valence-corrected chi connectivity index (χ3v) is 4.05.